The predicted molar refractivity (Wildman–Crippen MR) is 122 cm³/mol. The number of carbonyl (C=O) groups excluding carboxylic acids is 2. The van der Waals surface area contributed by atoms with E-state index < -0.39 is 5.60 Å². The minimum Gasteiger partial charge on any atom is -0.444 e. The van der Waals surface area contributed by atoms with Gasteiger partial charge in [0, 0.05) is 51.2 Å². The van der Waals surface area contributed by atoms with Crippen molar-refractivity contribution in [1.82, 2.24) is 24.7 Å². The highest BCUT2D eigenvalue weighted by atomic mass is 16.6. The summed E-state index contributed by atoms with van der Waals surface area (Å²) >= 11 is 0. The number of nitrogens with one attached hydrogen (secondary N) is 3. The third kappa shape index (κ3) is 6.13. The van der Waals surface area contributed by atoms with Crippen LogP contribution in [0.3, 0.4) is 0 Å². The molecule has 32 heavy (non-hydrogen) atoms. The Balaban J connectivity index is 1.46. The van der Waals surface area contributed by atoms with Crippen LogP contribution >= 0.6 is 0 Å². The number of ether oxygens (including phenoxy) is 1. The summed E-state index contributed by atoms with van der Waals surface area (Å²) in [5.74, 6) is 0. The van der Waals surface area contributed by atoms with Gasteiger partial charge < -0.3 is 25.3 Å². The Hall–Kier alpha value is -3.27. The molecule has 1 saturated heterocycles. The second-order valence-electron chi connectivity index (χ2n) is 8.78. The molecule has 0 spiro atoms. The Bertz CT molecular complexity index is 998. The number of para-hydroxylation sites is 2. The molecule has 0 bridgehead atoms. The summed E-state index contributed by atoms with van der Waals surface area (Å²) in [5.41, 5.74) is 1.13. The van der Waals surface area contributed by atoms with E-state index in [0.717, 1.165) is 18.8 Å². The first-order chi connectivity index (χ1) is 15.1. The molecule has 1 aliphatic rings. The van der Waals surface area contributed by atoms with Gasteiger partial charge in [-0.2, -0.15) is 0 Å². The summed E-state index contributed by atoms with van der Waals surface area (Å²) in [6, 6.07) is 6.81. The van der Waals surface area contributed by atoms with Gasteiger partial charge in [0.05, 0.1) is 11.4 Å². The number of imidazole rings is 1. The maximum Gasteiger partial charge on any atom is 0.410 e. The van der Waals surface area contributed by atoms with Gasteiger partial charge in [-0.3, -0.25) is 9.47 Å². The largest absolute Gasteiger partial charge is 0.444 e. The van der Waals surface area contributed by atoms with Crippen LogP contribution in [0.15, 0.2) is 35.3 Å². The minimum absolute atomic E-state index is 0.261. The first kappa shape index (κ1) is 23.4. The summed E-state index contributed by atoms with van der Waals surface area (Å²) in [7, 11) is 0. The molecule has 0 aliphatic carbocycles. The van der Waals surface area contributed by atoms with Crippen LogP contribution in [0.2, 0.25) is 0 Å². The summed E-state index contributed by atoms with van der Waals surface area (Å²) < 4.78 is 6.93. The Kier molecular flexibility index (Phi) is 7.24. The number of amides is 3. The molecule has 0 atom stereocenters. The molecule has 1 aliphatic heterocycles. The van der Waals surface area contributed by atoms with Crippen LogP contribution in [-0.4, -0.2) is 76.3 Å². The molecule has 2 heterocycles. The van der Waals surface area contributed by atoms with Crippen molar-refractivity contribution >= 4 is 17.8 Å². The van der Waals surface area contributed by atoms with Crippen molar-refractivity contribution in [2.24, 2.45) is 0 Å². The normalized spacial score (nSPS) is 14.8. The number of aromatic nitrogens is 2. The number of benzene rings is 1. The van der Waals surface area contributed by atoms with Crippen LogP contribution in [-0.2, 0) is 4.74 Å². The van der Waals surface area contributed by atoms with Crippen LogP contribution in [0.25, 0.3) is 5.69 Å². The molecule has 3 N–H and O–H groups in total. The van der Waals surface area contributed by atoms with Gasteiger partial charge in [-0.05, 0) is 39.8 Å². The lowest BCUT2D eigenvalue weighted by Gasteiger charge is -2.35. The van der Waals surface area contributed by atoms with Crippen LogP contribution in [0, 0.1) is 6.92 Å². The van der Waals surface area contributed by atoms with Crippen LogP contribution in [0.1, 0.15) is 26.5 Å². The number of hydrogen-bond donors (Lipinski definition) is 3. The Morgan fingerprint density at radius 1 is 1.12 bits per heavy atom. The van der Waals surface area contributed by atoms with Crippen molar-refractivity contribution in [2.75, 3.05) is 44.6 Å². The van der Waals surface area contributed by atoms with E-state index in [9.17, 15) is 14.4 Å². The van der Waals surface area contributed by atoms with Gasteiger partial charge in [0.15, 0.2) is 0 Å². The molecule has 174 valence electrons. The van der Waals surface area contributed by atoms with Gasteiger partial charge in [-0.1, -0.05) is 12.1 Å². The summed E-state index contributed by atoms with van der Waals surface area (Å²) in [6.07, 6.45) is 1.34. The van der Waals surface area contributed by atoms with Crippen LogP contribution in [0.4, 0.5) is 15.3 Å². The lowest BCUT2D eigenvalue weighted by molar-refractivity contribution is 0.0147. The summed E-state index contributed by atoms with van der Waals surface area (Å²) in [5, 5.41) is 5.68. The Labute approximate surface area is 187 Å². The van der Waals surface area contributed by atoms with Gasteiger partial charge in [0.2, 0.25) is 0 Å². The monoisotopic (exact) mass is 444 g/mol. The smallest absolute Gasteiger partial charge is 0.410 e. The van der Waals surface area contributed by atoms with Gasteiger partial charge in [-0.15, -0.1) is 0 Å². The lowest BCUT2D eigenvalue weighted by atomic mass is 10.2. The fourth-order valence-corrected chi connectivity index (χ4v) is 3.50. The second kappa shape index (κ2) is 9.90. The summed E-state index contributed by atoms with van der Waals surface area (Å²) in [6.45, 7) is 11.2. The number of nitrogens with zero attached hydrogens (tertiary/aromatic N) is 3. The van der Waals surface area contributed by atoms with Crippen molar-refractivity contribution in [1.29, 1.82) is 0 Å². The molecule has 0 radical (unpaired) electrons. The number of rotatable bonds is 5. The van der Waals surface area contributed by atoms with Crippen molar-refractivity contribution in [3.05, 3.63) is 46.6 Å². The number of aryl methyl sites for hydroxylation is 1. The molecule has 10 nitrogen and oxygen atoms in total. The Morgan fingerprint density at radius 2 is 1.81 bits per heavy atom. The van der Waals surface area contributed by atoms with Crippen molar-refractivity contribution in [2.45, 2.75) is 33.3 Å². The number of urea groups is 1. The third-order valence-electron chi connectivity index (χ3n) is 5.09. The summed E-state index contributed by atoms with van der Waals surface area (Å²) in [4.78, 5) is 43.2. The van der Waals surface area contributed by atoms with E-state index in [0.29, 0.717) is 37.6 Å². The maximum absolute atomic E-state index is 12.4. The van der Waals surface area contributed by atoms with Crippen molar-refractivity contribution in [3.63, 3.8) is 0 Å². The number of anilines is 1. The van der Waals surface area contributed by atoms with Crippen molar-refractivity contribution in [3.8, 4) is 5.69 Å². The fourth-order valence-electron chi connectivity index (χ4n) is 3.50. The SMILES string of the molecule is Cc1c[nH]c(=O)n1-c1ccccc1NC(=O)NCCN1CCN(C(=O)OC(C)(C)C)CC1. The number of aromatic amines is 1. The average Bonchev–Trinajstić information content (AvgIpc) is 3.06. The molecule has 1 fully saturated rings. The van der Waals surface area contributed by atoms with Gasteiger partial charge in [0.25, 0.3) is 0 Å². The predicted octanol–water partition coefficient (Wildman–Crippen LogP) is 2.15. The fraction of sp³-hybridized carbons (Fsp3) is 0.500. The van der Waals surface area contributed by atoms with E-state index in [2.05, 4.69) is 20.5 Å². The molecular formula is C22H32N6O4. The van der Waals surface area contributed by atoms with E-state index >= 15 is 0 Å². The highest BCUT2D eigenvalue weighted by Crippen LogP contribution is 2.19. The number of hydrogen-bond acceptors (Lipinski definition) is 5. The minimum atomic E-state index is -0.502. The highest BCUT2D eigenvalue weighted by molar-refractivity contribution is 5.91. The first-order valence-electron chi connectivity index (χ1n) is 10.8. The zero-order valence-corrected chi connectivity index (χ0v) is 19.1. The van der Waals surface area contributed by atoms with Crippen LogP contribution < -0.4 is 16.3 Å². The average molecular weight is 445 g/mol. The topological polar surface area (TPSA) is 112 Å². The molecule has 2 aromatic rings. The molecule has 1 aromatic heterocycles. The number of piperazine rings is 1. The highest BCUT2D eigenvalue weighted by Gasteiger charge is 2.25. The van der Waals surface area contributed by atoms with E-state index in [4.69, 9.17) is 4.74 Å². The molecule has 3 amide bonds. The van der Waals surface area contributed by atoms with Gasteiger partial charge >= 0.3 is 17.8 Å². The van der Waals surface area contributed by atoms with E-state index in [1.165, 1.54) is 4.57 Å². The van der Waals surface area contributed by atoms with E-state index in [-0.39, 0.29) is 17.8 Å². The lowest BCUT2D eigenvalue weighted by Crippen LogP contribution is -2.51. The quantitative estimate of drug-likeness (QED) is 0.654. The van der Waals surface area contributed by atoms with E-state index in [1.54, 1.807) is 29.3 Å². The van der Waals surface area contributed by atoms with E-state index in [1.807, 2.05) is 33.8 Å². The standard InChI is InChI=1S/C22H32N6O4/c1-16-15-24-20(30)28(16)18-8-6-5-7-17(18)25-19(29)23-9-10-26-11-13-27(14-12-26)21(31)32-22(2,3)4/h5-8,15H,9-14H2,1-4H3,(H,24,30)(H2,23,25,29). The Morgan fingerprint density at radius 3 is 2.44 bits per heavy atom. The molecule has 0 saturated carbocycles. The van der Waals surface area contributed by atoms with Gasteiger partial charge in [-0.25, -0.2) is 14.4 Å². The third-order valence-corrected chi connectivity index (χ3v) is 5.09. The number of carbonyl (C=O) groups is 2. The second-order valence-corrected chi connectivity index (χ2v) is 8.78. The molecule has 10 heteroatoms. The molecule has 0 unspecified atom stereocenters. The van der Waals surface area contributed by atoms with Crippen LogP contribution in [0.5, 0.6) is 0 Å². The first-order valence-corrected chi connectivity index (χ1v) is 10.8. The zero-order valence-electron chi connectivity index (χ0n) is 19.1. The number of H-pyrrole nitrogens is 1. The maximum atomic E-state index is 12.4. The van der Waals surface area contributed by atoms with Crippen molar-refractivity contribution < 1.29 is 14.3 Å². The molecular weight excluding hydrogens is 412 g/mol. The molecule has 1 aromatic carbocycles. The molecule has 3 rings (SSSR count). The zero-order chi connectivity index (χ0) is 23.3. The van der Waals surface area contributed by atoms with Gasteiger partial charge in [0.1, 0.15) is 5.60 Å².